The van der Waals surface area contributed by atoms with Gasteiger partial charge in [0.15, 0.2) is 0 Å². The lowest BCUT2D eigenvalue weighted by atomic mass is 9.33. The molecule has 0 atom stereocenters. The van der Waals surface area contributed by atoms with Crippen molar-refractivity contribution in [3.8, 4) is 11.1 Å². The number of fused-ring (bicyclic) bond motifs is 5. The molecular weight excluding hydrogens is 307 g/mol. The highest BCUT2D eigenvalue weighted by molar-refractivity contribution is 8.00. The minimum Gasteiger partial charge on any atom is -0.0911 e. The molecular formula is C22H13BS. The van der Waals surface area contributed by atoms with Gasteiger partial charge in [-0.3, -0.25) is 0 Å². The van der Waals surface area contributed by atoms with Crippen LogP contribution in [0.4, 0.5) is 0 Å². The van der Waals surface area contributed by atoms with Gasteiger partial charge >= 0.3 is 0 Å². The fourth-order valence-electron chi connectivity index (χ4n) is 4.39. The molecule has 0 saturated heterocycles. The van der Waals surface area contributed by atoms with Crippen LogP contribution >= 0.6 is 11.8 Å². The highest BCUT2D eigenvalue weighted by Crippen LogP contribution is 2.38. The molecule has 0 aliphatic carbocycles. The summed E-state index contributed by atoms with van der Waals surface area (Å²) in [5.41, 5.74) is 7.17. The zero-order valence-electron chi connectivity index (χ0n) is 13.0. The Morgan fingerprint density at radius 3 is 2.33 bits per heavy atom. The van der Waals surface area contributed by atoms with Gasteiger partial charge in [0.25, 0.3) is 0 Å². The average molecular weight is 320 g/mol. The Labute approximate surface area is 145 Å². The van der Waals surface area contributed by atoms with Crippen molar-refractivity contribution in [2.24, 2.45) is 0 Å². The normalized spacial score (nSPS) is 13.6. The quantitative estimate of drug-likeness (QED) is 0.384. The Balaban J connectivity index is 1.86. The fourth-order valence-corrected chi connectivity index (χ4v) is 5.54. The molecule has 4 aromatic carbocycles. The van der Waals surface area contributed by atoms with Crippen LogP contribution in [-0.4, -0.2) is 6.71 Å². The highest BCUT2D eigenvalue weighted by atomic mass is 32.2. The molecule has 0 spiro atoms. The van der Waals surface area contributed by atoms with Gasteiger partial charge in [-0.05, 0) is 39.5 Å². The lowest BCUT2D eigenvalue weighted by Gasteiger charge is -2.33. The SMILES string of the molecule is c1ccc2c(c1)Sc1ccc3cccc4c3c1B2c1ccccc1-4. The van der Waals surface area contributed by atoms with Gasteiger partial charge < -0.3 is 0 Å². The van der Waals surface area contributed by atoms with Gasteiger partial charge in [-0.15, -0.1) is 0 Å². The fraction of sp³-hybridized carbons (Fsp3) is 0. The molecule has 4 aromatic rings. The van der Waals surface area contributed by atoms with E-state index in [2.05, 4.69) is 78.9 Å². The van der Waals surface area contributed by atoms with Crippen molar-refractivity contribution in [1.82, 2.24) is 0 Å². The number of rotatable bonds is 0. The Morgan fingerprint density at radius 1 is 0.583 bits per heavy atom. The average Bonchev–Trinajstić information content (AvgIpc) is 2.66. The third-order valence-corrected chi connectivity index (χ3v) is 6.51. The van der Waals surface area contributed by atoms with Crippen LogP contribution < -0.4 is 16.4 Å². The zero-order valence-corrected chi connectivity index (χ0v) is 13.8. The summed E-state index contributed by atoms with van der Waals surface area (Å²) in [6.07, 6.45) is 0. The van der Waals surface area contributed by atoms with Crippen molar-refractivity contribution < 1.29 is 0 Å². The summed E-state index contributed by atoms with van der Waals surface area (Å²) in [4.78, 5) is 2.80. The summed E-state index contributed by atoms with van der Waals surface area (Å²) >= 11 is 1.92. The first-order chi connectivity index (χ1) is 11.9. The minimum absolute atomic E-state index is 0.354. The second-order valence-corrected chi connectivity index (χ2v) is 7.62. The van der Waals surface area contributed by atoms with Crippen LogP contribution in [0.15, 0.2) is 88.7 Å². The molecule has 2 aliphatic heterocycles. The Bertz CT molecular complexity index is 1150. The van der Waals surface area contributed by atoms with Crippen molar-refractivity contribution in [2.75, 3.05) is 0 Å². The first kappa shape index (κ1) is 12.9. The van der Waals surface area contributed by atoms with E-state index in [1.54, 1.807) is 0 Å². The number of benzene rings is 4. The van der Waals surface area contributed by atoms with Gasteiger partial charge in [-0.2, -0.15) is 0 Å². The van der Waals surface area contributed by atoms with Crippen molar-refractivity contribution in [1.29, 1.82) is 0 Å². The standard InChI is InChI=1S/C22H13BS/c1-2-9-17-15(7-1)16-8-5-6-14-12-13-20-22(21(14)16)23(17)18-10-3-4-11-19(18)24-20/h1-13H. The first-order valence-corrected chi connectivity index (χ1v) is 9.15. The molecule has 0 unspecified atom stereocenters. The molecule has 0 radical (unpaired) electrons. The van der Waals surface area contributed by atoms with Crippen LogP contribution in [0.3, 0.4) is 0 Å². The maximum atomic E-state index is 2.31. The van der Waals surface area contributed by atoms with E-state index in [0.717, 1.165) is 0 Å². The molecule has 0 N–H and O–H groups in total. The molecule has 0 saturated carbocycles. The van der Waals surface area contributed by atoms with E-state index in [4.69, 9.17) is 0 Å². The van der Waals surface area contributed by atoms with Crippen LogP contribution in [0.5, 0.6) is 0 Å². The van der Waals surface area contributed by atoms with Gasteiger partial charge in [0, 0.05) is 9.79 Å². The maximum Gasteiger partial charge on any atom is 0.245 e. The molecule has 0 bridgehead atoms. The maximum absolute atomic E-state index is 2.31. The topological polar surface area (TPSA) is 0 Å². The smallest absolute Gasteiger partial charge is 0.0911 e. The second kappa shape index (κ2) is 4.55. The number of hydrogen-bond acceptors (Lipinski definition) is 1. The van der Waals surface area contributed by atoms with Crippen molar-refractivity contribution in [3.63, 3.8) is 0 Å². The zero-order chi connectivity index (χ0) is 15.7. The molecule has 2 heterocycles. The molecule has 0 nitrogen and oxygen atoms in total. The Morgan fingerprint density at radius 2 is 1.38 bits per heavy atom. The largest absolute Gasteiger partial charge is 0.245 e. The second-order valence-electron chi connectivity index (χ2n) is 6.54. The minimum atomic E-state index is 0.354. The van der Waals surface area contributed by atoms with E-state index in [1.807, 2.05) is 11.8 Å². The van der Waals surface area contributed by atoms with E-state index in [0.29, 0.717) is 6.71 Å². The summed E-state index contributed by atoms with van der Waals surface area (Å²) < 4.78 is 0. The van der Waals surface area contributed by atoms with Crippen LogP contribution in [0.25, 0.3) is 21.9 Å². The summed E-state index contributed by atoms with van der Waals surface area (Å²) in [5.74, 6) is 0. The van der Waals surface area contributed by atoms with Crippen molar-refractivity contribution in [3.05, 3.63) is 78.9 Å². The lowest BCUT2D eigenvalue weighted by Crippen LogP contribution is -2.57. The van der Waals surface area contributed by atoms with E-state index < -0.39 is 0 Å². The van der Waals surface area contributed by atoms with Crippen LogP contribution in [0.1, 0.15) is 0 Å². The van der Waals surface area contributed by atoms with Crippen LogP contribution in [-0.2, 0) is 0 Å². The van der Waals surface area contributed by atoms with E-state index in [-0.39, 0.29) is 0 Å². The molecule has 24 heavy (non-hydrogen) atoms. The van der Waals surface area contributed by atoms with Gasteiger partial charge in [-0.1, -0.05) is 89.4 Å². The van der Waals surface area contributed by atoms with E-state index in [9.17, 15) is 0 Å². The van der Waals surface area contributed by atoms with Crippen LogP contribution in [0, 0.1) is 0 Å². The first-order valence-electron chi connectivity index (χ1n) is 8.33. The van der Waals surface area contributed by atoms with Gasteiger partial charge in [-0.25, -0.2) is 0 Å². The summed E-state index contributed by atoms with van der Waals surface area (Å²) in [6.45, 7) is 0.354. The third kappa shape index (κ3) is 1.52. The lowest BCUT2D eigenvalue weighted by molar-refractivity contribution is 1.44. The molecule has 0 aromatic heterocycles. The van der Waals surface area contributed by atoms with Crippen molar-refractivity contribution >= 4 is 45.6 Å². The molecule has 0 amide bonds. The van der Waals surface area contributed by atoms with Gasteiger partial charge in [0.1, 0.15) is 0 Å². The molecule has 0 fully saturated rings. The van der Waals surface area contributed by atoms with Gasteiger partial charge in [0.2, 0.25) is 6.71 Å². The Kier molecular flexibility index (Phi) is 2.45. The summed E-state index contributed by atoms with van der Waals surface area (Å²) in [5, 5.41) is 2.80. The van der Waals surface area contributed by atoms with E-state index in [1.165, 1.54) is 48.1 Å². The van der Waals surface area contributed by atoms with Gasteiger partial charge in [0.05, 0.1) is 0 Å². The molecule has 110 valence electrons. The molecule has 2 heteroatoms. The third-order valence-electron chi connectivity index (χ3n) is 5.35. The van der Waals surface area contributed by atoms with Crippen molar-refractivity contribution in [2.45, 2.75) is 9.79 Å². The predicted molar refractivity (Wildman–Crippen MR) is 105 cm³/mol. The highest BCUT2D eigenvalue weighted by Gasteiger charge is 2.37. The summed E-state index contributed by atoms with van der Waals surface area (Å²) in [7, 11) is 0. The number of hydrogen-bond donors (Lipinski definition) is 0. The monoisotopic (exact) mass is 320 g/mol. The van der Waals surface area contributed by atoms with E-state index >= 15 is 0 Å². The Hall–Kier alpha value is -2.45. The molecule has 6 rings (SSSR count). The molecule has 2 aliphatic rings. The summed E-state index contributed by atoms with van der Waals surface area (Å²) in [6, 6.07) is 29.1. The predicted octanol–water partition coefficient (Wildman–Crippen LogP) is 3.80. The van der Waals surface area contributed by atoms with Crippen LogP contribution in [0.2, 0.25) is 0 Å².